The summed E-state index contributed by atoms with van der Waals surface area (Å²) in [5, 5.41) is 8.51. The van der Waals surface area contributed by atoms with E-state index in [1.165, 1.54) is 0 Å². The molecule has 1 N–H and O–H groups in total. The quantitative estimate of drug-likeness (QED) is 0.414. The zero-order valence-electron chi connectivity index (χ0n) is 10.7. The molecule has 0 unspecified atom stereocenters. The fraction of sp³-hybridized carbons (Fsp3) is 0.917. The van der Waals surface area contributed by atoms with E-state index in [4.69, 9.17) is 19.3 Å². The Labute approximate surface area is 103 Å². The van der Waals surface area contributed by atoms with Gasteiger partial charge in [-0.3, -0.25) is 0 Å². The molecule has 0 saturated carbocycles. The van der Waals surface area contributed by atoms with Crippen LogP contribution in [0.1, 0.15) is 32.6 Å². The Morgan fingerprint density at radius 1 is 1.00 bits per heavy atom. The minimum absolute atomic E-state index is 0.0425. The van der Waals surface area contributed by atoms with Gasteiger partial charge in [-0.25, -0.2) is 4.79 Å². The van der Waals surface area contributed by atoms with Gasteiger partial charge in [0.15, 0.2) is 0 Å². The third kappa shape index (κ3) is 13.3. The number of aliphatic hydroxyl groups excluding tert-OH is 1. The molecule has 0 aromatic rings. The molecule has 5 nitrogen and oxygen atoms in total. The lowest BCUT2D eigenvalue weighted by atomic mass is 10.2. The Hall–Kier alpha value is -0.650. The van der Waals surface area contributed by atoms with Crippen molar-refractivity contribution < 1.29 is 24.1 Å². The molecule has 0 amide bonds. The smallest absolute Gasteiger partial charge is 0.332 e. The minimum Gasteiger partial charge on any atom is -0.464 e. The predicted octanol–water partition coefficient (Wildman–Crippen LogP) is 1.14. The third-order valence-corrected chi connectivity index (χ3v) is 2.05. The highest BCUT2D eigenvalue weighted by molar-refractivity contribution is 5.70. The SMILES string of the molecule is CCOC(=O)COCCCCCOCCCO. The van der Waals surface area contributed by atoms with Crippen LogP contribution in [0.2, 0.25) is 0 Å². The molecule has 0 rings (SSSR count). The Balaban J connectivity index is 3.01. The number of aliphatic hydroxyl groups is 1. The first-order valence-electron chi connectivity index (χ1n) is 6.23. The molecule has 17 heavy (non-hydrogen) atoms. The summed E-state index contributed by atoms with van der Waals surface area (Å²) in [4.78, 5) is 10.9. The second-order valence-corrected chi connectivity index (χ2v) is 3.61. The molecule has 0 saturated heterocycles. The van der Waals surface area contributed by atoms with E-state index in [1.807, 2.05) is 0 Å². The molecule has 0 aliphatic carbocycles. The topological polar surface area (TPSA) is 65.0 Å². The van der Waals surface area contributed by atoms with Crippen LogP contribution in [-0.4, -0.2) is 50.7 Å². The van der Waals surface area contributed by atoms with Crippen molar-refractivity contribution in [2.24, 2.45) is 0 Å². The van der Waals surface area contributed by atoms with Crippen LogP contribution in [0, 0.1) is 0 Å². The zero-order valence-corrected chi connectivity index (χ0v) is 10.7. The van der Waals surface area contributed by atoms with E-state index in [0.717, 1.165) is 25.9 Å². The van der Waals surface area contributed by atoms with E-state index in [-0.39, 0.29) is 19.2 Å². The van der Waals surface area contributed by atoms with Crippen molar-refractivity contribution in [1.29, 1.82) is 0 Å². The molecule has 5 heteroatoms. The lowest BCUT2D eigenvalue weighted by Gasteiger charge is -2.04. The molecule has 0 fully saturated rings. The minimum atomic E-state index is -0.306. The maximum absolute atomic E-state index is 10.9. The van der Waals surface area contributed by atoms with Crippen LogP contribution < -0.4 is 0 Å². The molecule has 0 aliphatic heterocycles. The van der Waals surface area contributed by atoms with Crippen LogP contribution in [0.25, 0.3) is 0 Å². The van der Waals surface area contributed by atoms with E-state index in [0.29, 0.717) is 26.2 Å². The number of hydrogen-bond donors (Lipinski definition) is 1. The van der Waals surface area contributed by atoms with E-state index in [2.05, 4.69) is 0 Å². The van der Waals surface area contributed by atoms with Gasteiger partial charge in [-0.2, -0.15) is 0 Å². The summed E-state index contributed by atoms with van der Waals surface area (Å²) < 4.78 is 15.1. The number of ether oxygens (including phenoxy) is 3. The van der Waals surface area contributed by atoms with Crippen molar-refractivity contribution >= 4 is 5.97 Å². The monoisotopic (exact) mass is 248 g/mol. The second-order valence-electron chi connectivity index (χ2n) is 3.61. The van der Waals surface area contributed by atoms with E-state index in [9.17, 15) is 4.79 Å². The number of hydrogen-bond acceptors (Lipinski definition) is 5. The van der Waals surface area contributed by atoms with E-state index < -0.39 is 0 Å². The van der Waals surface area contributed by atoms with Gasteiger partial charge in [0.05, 0.1) is 6.61 Å². The van der Waals surface area contributed by atoms with Gasteiger partial charge in [-0.1, -0.05) is 0 Å². The van der Waals surface area contributed by atoms with Gasteiger partial charge in [-0.05, 0) is 32.6 Å². The molecule has 0 aromatic heterocycles. The summed E-state index contributed by atoms with van der Waals surface area (Å²) in [6.45, 7) is 4.31. The molecule has 0 bridgehead atoms. The first kappa shape index (κ1) is 16.4. The van der Waals surface area contributed by atoms with Crippen LogP contribution in [0.15, 0.2) is 0 Å². The fourth-order valence-corrected chi connectivity index (χ4v) is 1.21. The number of carbonyl (C=O) groups excluding carboxylic acids is 1. The van der Waals surface area contributed by atoms with Gasteiger partial charge in [0.25, 0.3) is 0 Å². The molecule has 0 atom stereocenters. The summed E-state index contributed by atoms with van der Waals surface area (Å²) in [6.07, 6.45) is 3.61. The van der Waals surface area contributed by atoms with Gasteiger partial charge in [0.2, 0.25) is 0 Å². The average molecular weight is 248 g/mol. The van der Waals surface area contributed by atoms with Crippen LogP contribution >= 0.6 is 0 Å². The summed E-state index contributed by atoms with van der Waals surface area (Å²) in [5.74, 6) is -0.306. The molecule has 0 aliphatic rings. The van der Waals surface area contributed by atoms with Gasteiger partial charge in [-0.15, -0.1) is 0 Å². The molecule has 0 aromatic carbocycles. The molecular formula is C12H24O5. The normalized spacial score (nSPS) is 10.5. The predicted molar refractivity (Wildman–Crippen MR) is 63.8 cm³/mol. The highest BCUT2D eigenvalue weighted by Gasteiger charge is 2.00. The van der Waals surface area contributed by atoms with Gasteiger partial charge < -0.3 is 19.3 Å². The van der Waals surface area contributed by atoms with Crippen molar-refractivity contribution in [3.05, 3.63) is 0 Å². The summed E-state index contributed by atoms with van der Waals surface area (Å²) in [5.41, 5.74) is 0. The summed E-state index contributed by atoms with van der Waals surface area (Å²) in [7, 11) is 0. The fourth-order valence-electron chi connectivity index (χ4n) is 1.21. The van der Waals surface area contributed by atoms with Crippen LogP contribution in [-0.2, 0) is 19.0 Å². The highest BCUT2D eigenvalue weighted by Crippen LogP contribution is 1.97. The zero-order chi connectivity index (χ0) is 12.8. The summed E-state index contributed by atoms with van der Waals surface area (Å²) >= 11 is 0. The van der Waals surface area contributed by atoms with Gasteiger partial charge >= 0.3 is 5.97 Å². The van der Waals surface area contributed by atoms with E-state index >= 15 is 0 Å². The van der Waals surface area contributed by atoms with Crippen LogP contribution in [0.4, 0.5) is 0 Å². The second kappa shape index (κ2) is 13.4. The largest absolute Gasteiger partial charge is 0.464 e. The van der Waals surface area contributed by atoms with Gasteiger partial charge in [0, 0.05) is 26.4 Å². The standard InChI is InChI=1S/C12H24O5/c1-2-17-12(14)11-16-9-5-3-4-8-15-10-6-7-13/h13H,2-11H2,1H3. The first-order chi connectivity index (χ1) is 8.31. The Kier molecular flexibility index (Phi) is 12.9. The van der Waals surface area contributed by atoms with Crippen LogP contribution in [0.5, 0.6) is 0 Å². The molecule has 0 heterocycles. The number of unbranched alkanes of at least 4 members (excludes halogenated alkanes) is 2. The average Bonchev–Trinajstić information content (AvgIpc) is 2.32. The van der Waals surface area contributed by atoms with Crippen molar-refractivity contribution in [3.63, 3.8) is 0 Å². The van der Waals surface area contributed by atoms with Crippen molar-refractivity contribution in [2.45, 2.75) is 32.6 Å². The molecule has 0 radical (unpaired) electrons. The Morgan fingerprint density at radius 3 is 2.29 bits per heavy atom. The Morgan fingerprint density at radius 2 is 1.65 bits per heavy atom. The molecule has 0 spiro atoms. The van der Waals surface area contributed by atoms with Crippen molar-refractivity contribution in [3.8, 4) is 0 Å². The third-order valence-electron chi connectivity index (χ3n) is 2.05. The van der Waals surface area contributed by atoms with Crippen LogP contribution in [0.3, 0.4) is 0 Å². The van der Waals surface area contributed by atoms with Crippen molar-refractivity contribution in [1.82, 2.24) is 0 Å². The number of carbonyl (C=O) groups is 1. The Bertz CT molecular complexity index is 172. The lowest BCUT2D eigenvalue weighted by Crippen LogP contribution is -2.12. The van der Waals surface area contributed by atoms with Crippen molar-refractivity contribution in [2.75, 3.05) is 39.6 Å². The number of rotatable bonds is 12. The summed E-state index contributed by atoms with van der Waals surface area (Å²) in [6, 6.07) is 0. The molecular weight excluding hydrogens is 224 g/mol. The maximum atomic E-state index is 10.9. The maximum Gasteiger partial charge on any atom is 0.332 e. The van der Waals surface area contributed by atoms with E-state index in [1.54, 1.807) is 6.92 Å². The molecule has 102 valence electrons. The first-order valence-corrected chi connectivity index (χ1v) is 6.23. The lowest BCUT2D eigenvalue weighted by molar-refractivity contribution is -0.148. The van der Waals surface area contributed by atoms with Gasteiger partial charge in [0.1, 0.15) is 6.61 Å². The number of esters is 1. The highest BCUT2D eigenvalue weighted by atomic mass is 16.6.